The van der Waals surface area contributed by atoms with E-state index < -0.39 is 21.3 Å². The Morgan fingerprint density at radius 1 is 1.10 bits per heavy atom. The number of sulfonamides is 1. The number of hydrogen-bond acceptors (Lipinski definition) is 6. The van der Waals surface area contributed by atoms with E-state index in [2.05, 4.69) is 10.3 Å². The summed E-state index contributed by atoms with van der Waals surface area (Å²) in [7, 11) is 1.05. The molecule has 0 radical (unpaired) electrons. The molecule has 0 saturated heterocycles. The molecular weight excluding hydrogens is 408 g/mol. The Morgan fingerprint density at radius 3 is 2.33 bits per heavy atom. The summed E-state index contributed by atoms with van der Waals surface area (Å²) in [5, 5.41) is 3.20. The zero-order valence-corrected chi connectivity index (χ0v) is 18.5. The van der Waals surface area contributed by atoms with Gasteiger partial charge in [-0.3, -0.25) is 13.9 Å². The average molecular weight is 435 g/mol. The van der Waals surface area contributed by atoms with Crippen LogP contribution in [0.15, 0.2) is 45.1 Å². The van der Waals surface area contributed by atoms with E-state index in [0.29, 0.717) is 24.3 Å². The SMILES string of the molecule is CC(C)N(C)S(=O)(=O)c1ccc(NCCn2cnc3c2c(=O)n(C)c(=O)n3C)cc1. The van der Waals surface area contributed by atoms with E-state index >= 15 is 0 Å². The Bertz CT molecular complexity index is 1290. The van der Waals surface area contributed by atoms with Crippen LogP contribution in [0, 0.1) is 0 Å². The van der Waals surface area contributed by atoms with Crippen molar-refractivity contribution in [2.75, 3.05) is 18.9 Å². The van der Waals surface area contributed by atoms with Gasteiger partial charge in [-0.05, 0) is 38.1 Å². The number of benzene rings is 1. The number of rotatable bonds is 7. The monoisotopic (exact) mass is 434 g/mol. The number of imidazole rings is 1. The van der Waals surface area contributed by atoms with Crippen LogP contribution >= 0.6 is 0 Å². The summed E-state index contributed by atoms with van der Waals surface area (Å²) >= 11 is 0. The largest absolute Gasteiger partial charge is 0.383 e. The second-order valence-electron chi connectivity index (χ2n) is 7.38. The lowest BCUT2D eigenvalue weighted by Crippen LogP contribution is -2.37. The first-order chi connectivity index (χ1) is 14.1. The Labute approximate surface area is 174 Å². The van der Waals surface area contributed by atoms with Crippen molar-refractivity contribution in [2.45, 2.75) is 31.3 Å². The maximum atomic E-state index is 12.5. The maximum Gasteiger partial charge on any atom is 0.332 e. The molecule has 0 fully saturated rings. The molecule has 30 heavy (non-hydrogen) atoms. The average Bonchev–Trinajstić information content (AvgIpc) is 3.14. The maximum absolute atomic E-state index is 12.5. The quantitative estimate of drug-likeness (QED) is 0.582. The van der Waals surface area contributed by atoms with Crippen molar-refractivity contribution >= 4 is 26.9 Å². The Morgan fingerprint density at radius 2 is 1.73 bits per heavy atom. The molecule has 0 aliphatic carbocycles. The molecule has 0 atom stereocenters. The standard InChI is InChI=1S/C19H26N6O4S/c1-13(2)24(5)30(28,29)15-8-6-14(7-9-15)20-10-11-25-12-21-17-16(25)18(26)23(4)19(27)22(17)3/h6-9,12-13,20H,10-11H2,1-5H3. The lowest BCUT2D eigenvalue weighted by atomic mass is 10.3. The van der Waals surface area contributed by atoms with Gasteiger partial charge in [0.1, 0.15) is 0 Å². The van der Waals surface area contributed by atoms with Crippen LogP contribution < -0.4 is 16.6 Å². The molecule has 0 unspecified atom stereocenters. The van der Waals surface area contributed by atoms with Crippen molar-refractivity contribution in [1.29, 1.82) is 0 Å². The highest BCUT2D eigenvalue weighted by atomic mass is 32.2. The fourth-order valence-electron chi connectivity index (χ4n) is 3.08. The summed E-state index contributed by atoms with van der Waals surface area (Å²) in [5.74, 6) is 0. The summed E-state index contributed by atoms with van der Waals surface area (Å²) in [6, 6.07) is 6.40. The number of hydrogen-bond donors (Lipinski definition) is 1. The van der Waals surface area contributed by atoms with Crippen LogP contribution in [0.25, 0.3) is 11.2 Å². The van der Waals surface area contributed by atoms with Crippen LogP contribution in [0.3, 0.4) is 0 Å². The zero-order valence-electron chi connectivity index (χ0n) is 17.7. The van der Waals surface area contributed by atoms with E-state index in [1.807, 2.05) is 13.8 Å². The van der Waals surface area contributed by atoms with Crippen molar-refractivity contribution in [3.05, 3.63) is 51.4 Å². The molecule has 162 valence electrons. The molecule has 2 heterocycles. The zero-order chi connectivity index (χ0) is 22.2. The summed E-state index contributed by atoms with van der Waals surface area (Å²) < 4.78 is 30.5. The van der Waals surface area contributed by atoms with E-state index in [1.54, 1.807) is 42.9 Å². The lowest BCUT2D eigenvalue weighted by Gasteiger charge is -2.21. The third-order valence-electron chi connectivity index (χ3n) is 5.16. The summed E-state index contributed by atoms with van der Waals surface area (Å²) in [5.41, 5.74) is 0.640. The molecule has 10 nitrogen and oxygen atoms in total. The van der Waals surface area contributed by atoms with Crippen LogP contribution in [0.5, 0.6) is 0 Å². The second kappa shape index (κ2) is 8.07. The molecule has 1 aromatic carbocycles. The van der Waals surface area contributed by atoms with Crippen molar-refractivity contribution in [2.24, 2.45) is 14.1 Å². The van der Waals surface area contributed by atoms with Gasteiger partial charge in [-0.1, -0.05) is 0 Å². The minimum Gasteiger partial charge on any atom is -0.383 e. The molecule has 0 saturated carbocycles. The minimum atomic E-state index is -3.52. The van der Waals surface area contributed by atoms with Crippen molar-refractivity contribution in [3.63, 3.8) is 0 Å². The molecule has 3 aromatic rings. The summed E-state index contributed by atoms with van der Waals surface area (Å²) in [6.07, 6.45) is 1.53. The van der Waals surface area contributed by atoms with Gasteiger partial charge < -0.3 is 9.88 Å². The van der Waals surface area contributed by atoms with Crippen LogP contribution in [0.1, 0.15) is 13.8 Å². The lowest BCUT2D eigenvalue weighted by molar-refractivity contribution is 0.410. The smallest absolute Gasteiger partial charge is 0.332 e. The van der Waals surface area contributed by atoms with Crippen LogP contribution in [0.4, 0.5) is 5.69 Å². The highest BCUT2D eigenvalue weighted by Crippen LogP contribution is 2.19. The summed E-state index contributed by atoms with van der Waals surface area (Å²) in [4.78, 5) is 28.9. The third-order valence-corrected chi connectivity index (χ3v) is 7.21. The van der Waals surface area contributed by atoms with Gasteiger partial charge in [-0.25, -0.2) is 18.2 Å². The fourth-order valence-corrected chi connectivity index (χ4v) is 4.44. The molecule has 2 aromatic heterocycles. The van der Waals surface area contributed by atoms with Crippen LogP contribution in [-0.4, -0.2) is 51.0 Å². The first kappa shape index (κ1) is 21.8. The first-order valence-electron chi connectivity index (χ1n) is 9.48. The van der Waals surface area contributed by atoms with Crippen molar-refractivity contribution in [1.82, 2.24) is 23.0 Å². The topological polar surface area (TPSA) is 111 Å². The first-order valence-corrected chi connectivity index (χ1v) is 10.9. The van der Waals surface area contributed by atoms with E-state index in [1.165, 1.54) is 22.2 Å². The van der Waals surface area contributed by atoms with E-state index in [0.717, 1.165) is 10.3 Å². The van der Waals surface area contributed by atoms with Gasteiger partial charge in [0.25, 0.3) is 5.56 Å². The van der Waals surface area contributed by atoms with Gasteiger partial charge in [0.05, 0.1) is 11.2 Å². The normalized spacial score (nSPS) is 12.2. The fraction of sp³-hybridized carbons (Fsp3) is 0.421. The Hall–Kier alpha value is -2.92. The van der Waals surface area contributed by atoms with Gasteiger partial charge in [-0.15, -0.1) is 0 Å². The molecular formula is C19H26N6O4S. The van der Waals surface area contributed by atoms with Gasteiger partial charge in [0.2, 0.25) is 10.0 Å². The highest BCUT2D eigenvalue weighted by Gasteiger charge is 2.22. The number of nitrogens with zero attached hydrogens (tertiary/aromatic N) is 5. The molecule has 11 heteroatoms. The van der Waals surface area contributed by atoms with Crippen LogP contribution in [-0.2, 0) is 30.7 Å². The number of aromatic nitrogens is 4. The van der Waals surface area contributed by atoms with E-state index in [-0.39, 0.29) is 10.9 Å². The Balaban J connectivity index is 1.74. The van der Waals surface area contributed by atoms with Gasteiger partial charge in [0, 0.05) is 46.0 Å². The van der Waals surface area contributed by atoms with Crippen molar-refractivity contribution < 1.29 is 8.42 Å². The number of nitrogens with one attached hydrogen (secondary N) is 1. The van der Waals surface area contributed by atoms with E-state index in [9.17, 15) is 18.0 Å². The predicted octanol–water partition coefficient (Wildman–Crippen LogP) is 0.575. The molecule has 3 rings (SSSR count). The third kappa shape index (κ3) is 3.77. The molecule has 0 spiro atoms. The number of fused-ring (bicyclic) bond motifs is 1. The predicted molar refractivity (Wildman–Crippen MR) is 115 cm³/mol. The molecule has 0 bridgehead atoms. The molecule has 0 amide bonds. The summed E-state index contributed by atoms with van der Waals surface area (Å²) in [6.45, 7) is 4.56. The Kier molecular flexibility index (Phi) is 5.86. The molecule has 1 N–H and O–H groups in total. The molecule has 0 aliphatic heterocycles. The van der Waals surface area contributed by atoms with Gasteiger partial charge in [-0.2, -0.15) is 4.31 Å². The van der Waals surface area contributed by atoms with Gasteiger partial charge in [0.15, 0.2) is 11.2 Å². The number of aryl methyl sites for hydroxylation is 1. The van der Waals surface area contributed by atoms with Crippen molar-refractivity contribution in [3.8, 4) is 0 Å². The second-order valence-corrected chi connectivity index (χ2v) is 9.38. The number of anilines is 1. The molecule has 0 aliphatic rings. The van der Waals surface area contributed by atoms with Crippen LogP contribution in [0.2, 0.25) is 0 Å². The van der Waals surface area contributed by atoms with E-state index in [4.69, 9.17) is 0 Å². The highest BCUT2D eigenvalue weighted by molar-refractivity contribution is 7.89. The minimum absolute atomic E-state index is 0.134. The van der Waals surface area contributed by atoms with Gasteiger partial charge >= 0.3 is 5.69 Å².